The molecule has 25 heavy (non-hydrogen) atoms. The molecule has 1 saturated carbocycles. The minimum Gasteiger partial charge on any atom is -0.383 e. The molecule has 2 aromatic rings. The lowest BCUT2D eigenvalue weighted by atomic mass is 10.2. The highest BCUT2D eigenvalue weighted by molar-refractivity contribution is 8.00. The second kappa shape index (κ2) is 8.21. The van der Waals surface area contributed by atoms with Crippen LogP contribution in [0.25, 0.3) is 11.4 Å². The zero-order valence-corrected chi connectivity index (χ0v) is 15.8. The van der Waals surface area contributed by atoms with Crippen LogP contribution >= 0.6 is 23.4 Å². The zero-order valence-electron chi connectivity index (χ0n) is 14.2. The Morgan fingerprint density at radius 1 is 1.40 bits per heavy atom. The fourth-order valence-electron chi connectivity index (χ4n) is 2.33. The molecule has 0 spiro atoms. The largest absolute Gasteiger partial charge is 0.383 e. The fourth-order valence-corrected chi connectivity index (χ4v) is 3.34. The number of methoxy groups -OCH3 is 1. The Morgan fingerprint density at radius 2 is 2.12 bits per heavy atom. The third kappa shape index (κ3) is 4.74. The number of halogens is 1. The standard InChI is InChI=1S/C17H21ClN4O2S/c1-11(16(23)19-14-7-8-14)25-17-21-20-15(22(17)9-10-24-2)12-3-5-13(18)6-4-12/h3-6,11,14H,7-10H2,1-2H3,(H,19,23). The monoisotopic (exact) mass is 380 g/mol. The van der Waals surface area contributed by atoms with E-state index in [2.05, 4.69) is 15.5 Å². The number of aromatic nitrogens is 3. The summed E-state index contributed by atoms with van der Waals surface area (Å²) in [5, 5.41) is 12.8. The van der Waals surface area contributed by atoms with Gasteiger partial charge in [-0.3, -0.25) is 9.36 Å². The van der Waals surface area contributed by atoms with Crippen LogP contribution in [0.5, 0.6) is 0 Å². The maximum Gasteiger partial charge on any atom is 0.233 e. The number of nitrogens with one attached hydrogen (secondary N) is 1. The maximum absolute atomic E-state index is 12.2. The van der Waals surface area contributed by atoms with Gasteiger partial charge in [-0.2, -0.15) is 0 Å². The van der Waals surface area contributed by atoms with Gasteiger partial charge in [0.05, 0.1) is 18.4 Å². The van der Waals surface area contributed by atoms with Gasteiger partial charge in [-0.1, -0.05) is 23.4 Å². The average molecular weight is 381 g/mol. The first-order valence-electron chi connectivity index (χ1n) is 8.23. The summed E-state index contributed by atoms with van der Waals surface area (Å²) < 4.78 is 7.19. The fraction of sp³-hybridized carbons (Fsp3) is 0.471. The smallest absolute Gasteiger partial charge is 0.233 e. The van der Waals surface area contributed by atoms with Gasteiger partial charge in [0.1, 0.15) is 0 Å². The van der Waals surface area contributed by atoms with Crippen molar-refractivity contribution in [1.29, 1.82) is 0 Å². The van der Waals surface area contributed by atoms with Crippen molar-refractivity contribution in [2.45, 2.75) is 42.8 Å². The van der Waals surface area contributed by atoms with E-state index in [4.69, 9.17) is 16.3 Å². The maximum atomic E-state index is 12.2. The molecule has 1 aromatic heterocycles. The van der Waals surface area contributed by atoms with Gasteiger partial charge in [-0.05, 0) is 44.0 Å². The quantitative estimate of drug-likeness (QED) is 0.713. The number of carbonyl (C=O) groups is 1. The minimum atomic E-state index is -0.232. The molecule has 6 nitrogen and oxygen atoms in total. The van der Waals surface area contributed by atoms with E-state index in [1.807, 2.05) is 35.8 Å². The van der Waals surface area contributed by atoms with Crippen LogP contribution in [0.1, 0.15) is 19.8 Å². The van der Waals surface area contributed by atoms with Crippen LogP contribution in [0, 0.1) is 0 Å². The van der Waals surface area contributed by atoms with Crippen LogP contribution < -0.4 is 5.32 Å². The van der Waals surface area contributed by atoms with Gasteiger partial charge in [0, 0.05) is 23.7 Å². The number of carbonyl (C=O) groups excluding carboxylic acids is 1. The minimum absolute atomic E-state index is 0.0434. The van der Waals surface area contributed by atoms with E-state index >= 15 is 0 Å². The molecule has 1 N–H and O–H groups in total. The molecule has 134 valence electrons. The molecule has 0 saturated heterocycles. The summed E-state index contributed by atoms with van der Waals surface area (Å²) in [5.41, 5.74) is 0.926. The third-order valence-electron chi connectivity index (χ3n) is 3.91. The molecule has 3 rings (SSSR count). The number of amides is 1. The van der Waals surface area contributed by atoms with Crippen LogP contribution in [0.15, 0.2) is 29.4 Å². The van der Waals surface area contributed by atoms with E-state index in [1.54, 1.807) is 7.11 Å². The highest BCUT2D eigenvalue weighted by Crippen LogP contribution is 2.28. The van der Waals surface area contributed by atoms with Gasteiger partial charge in [-0.25, -0.2) is 0 Å². The van der Waals surface area contributed by atoms with Crippen LogP contribution in [0.4, 0.5) is 0 Å². The van der Waals surface area contributed by atoms with E-state index in [-0.39, 0.29) is 11.2 Å². The Balaban J connectivity index is 1.80. The van der Waals surface area contributed by atoms with Crippen molar-refractivity contribution in [3.63, 3.8) is 0 Å². The first-order chi connectivity index (χ1) is 12.1. The topological polar surface area (TPSA) is 69.0 Å². The summed E-state index contributed by atoms with van der Waals surface area (Å²) in [6.45, 7) is 3.04. The van der Waals surface area contributed by atoms with Crippen LogP contribution in [-0.4, -0.2) is 45.7 Å². The first kappa shape index (κ1) is 18.2. The predicted molar refractivity (Wildman–Crippen MR) is 98.8 cm³/mol. The van der Waals surface area contributed by atoms with Crippen molar-refractivity contribution in [2.75, 3.05) is 13.7 Å². The van der Waals surface area contributed by atoms with Gasteiger partial charge in [0.2, 0.25) is 5.91 Å². The number of nitrogens with zero attached hydrogens (tertiary/aromatic N) is 3. The highest BCUT2D eigenvalue weighted by atomic mass is 35.5. The Labute approximate surface area is 156 Å². The normalized spacial score (nSPS) is 15.2. The molecule has 1 amide bonds. The van der Waals surface area contributed by atoms with Crippen LogP contribution in [0.2, 0.25) is 5.02 Å². The van der Waals surface area contributed by atoms with Gasteiger partial charge < -0.3 is 10.1 Å². The third-order valence-corrected chi connectivity index (χ3v) is 5.25. The number of hydrogen-bond donors (Lipinski definition) is 1. The summed E-state index contributed by atoms with van der Waals surface area (Å²) in [4.78, 5) is 12.2. The van der Waals surface area contributed by atoms with E-state index in [0.29, 0.717) is 29.4 Å². The lowest BCUT2D eigenvalue weighted by Gasteiger charge is -2.13. The summed E-state index contributed by atoms with van der Waals surface area (Å²) in [6, 6.07) is 7.82. The first-order valence-corrected chi connectivity index (χ1v) is 9.49. The summed E-state index contributed by atoms with van der Waals surface area (Å²) >= 11 is 7.38. The molecule has 0 radical (unpaired) electrons. The number of rotatable bonds is 8. The zero-order chi connectivity index (χ0) is 17.8. The van der Waals surface area contributed by atoms with Gasteiger partial charge in [0.15, 0.2) is 11.0 Å². The molecule has 0 bridgehead atoms. The molecule has 1 aliphatic carbocycles. The van der Waals surface area contributed by atoms with Crippen molar-refractivity contribution in [2.24, 2.45) is 0 Å². The van der Waals surface area contributed by atoms with Gasteiger partial charge in [0.25, 0.3) is 0 Å². The Kier molecular flexibility index (Phi) is 5.98. The van der Waals surface area contributed by atoms with E-state index in [1.165, 1.54) is 11.8 Å². The molecular weight excluding hydrogens is 360 g/mol. The molecule has 1 heterocycles. The molecular formula is C17H21ClN4O2S. The lowest BCUT2D eigenvalue weighted by molar-refractivity contribution is -0.120. The van der Waals surface area contributed by atoms with Crippen molar-refractivity contribution in [3.05, 3.63) is 29.3 Å². The molecule has 1 unspecified atom stereocenters. The Morgan fingerprint density at radius 3 is 2.76 bits per heavy atom. The summed E-state index contributed by atoms with van der Waals surface area (Å²) in [7, 11) is 1.66. The van der Waals surface area contributed by atoms with Crippen LogP contribution in [0.3, 0.4) is 0 Å². The molecule has 1 aromatic carbocycles. The summed E-state index contributed by atoms with van der Waals surface area (Å²) in [6.07, 6.45) is 2.15. The number of thioether (sulfide) groups is 1. The van der Waals surface area contributed by atoms with Gasteiger partial charge in [-0.15, -0.1) is 10.2 Å². The predicted octanol–water partition coefficient (Wildman–Crippen LogP) is 3.00. The molecule has 1 aliphatic rings. The molecule has 8 heteroatoms. The number of ether oxygens (including phenoxy) is 1. The van der Waals surface area contributed by atoms with Crippen molar-refractivity contribution in [3.8, 4) is 11.4 Å². The molecule has 1 fully saturated rings. The number of hydrogen-bond acceptors (Lipinski definition) is 5. The molecule has 1 atom stereocenters. The summed E-state index contributed by atoms with van der Waals surface area (Å²) in [5.74, 6) is 0.785. The lowest BCUT2D eigenvalue weighted by Crippen LogP contribution is -2.32. The van der Waals surface area contributed by atoms with E-state index in [0.717, 1.165) is 24.2 Å². The molecule has 0 aliphatic heterocycles. The van der Waals surface area contributed by atoms with Crippen molar-refractivity contribution >= 4 is 29.3 Å². The second-order valence-corrected chi connectivity index (χ2v) is 7.74. The Bertz CT molecular complexity index is 731. The Hall–Kier alpha value is -1.57. The average Bonchev–Trinajstić information content (AvgIpc) is 3.33. The van der Waals surface area contributed by atoms with Crippen molar-refractivity contribution in [1.82, 2.24) is 20.1 Å². The van der Waals surface area contributed by atoms with E-state index in [9.17, 15) is 4.79 Å². The highest BCUT2D eigenvalue weighted by Gasteiger charge is 2.27. The SMILES string of the molecule is COCCn1c(SC(C)C(=O)NC2CC2)nnc1-c1ccc(Cl)cc1. The second-order valence-electron chi connectivity index (χ2n) is 6.00. The van der Waals surface area contributed by atoms with Crippen LogP contribution in [-0.2, 0) is 16.1 Å². The van der Waals surface area contributed by atoms with E-state index < -0.39 is 0 Å². The van der Waals surface area contributed by atoms with Crippen molar-refractivity contribution < 1.29 is 9.53 Å². The number of benzene rings is 1. The van der Waals surface area contributed by atoms with Gasteiger partial charge >= 0.3 is 0 Å².